The van der Waals surface area contributed by atoms with Crippen LogP contribution < -0.4 is 5.32 Å². The fourth-order valence-corrected chi connectivity index (χ4v) is 3.42. The predicted octanol–water partition coefficient (Wildman–Crippen LogP) is 3.17. The molecule has 5 nitrogen and oxygen atoms in total. The standard InChI is InChI=1S/C18H27NO4/c1-4-9-18(22,10-5-2)11-19-17(21)16-12(3)15-13(20)7-6-8-14(15)23-16/h22H,4-11H2,1-3H3,(H,19,21). The zero-order valence-electron chi connectivity index (χ0n) is 14.3. The van der Waals surface area contributed by atoms with Crippen LogP contribution in [0.3, 0.4) is 0 Å². The first-order valence-corrected chi connectivity index (χ1v) is 8.58. The van der Waals surface area contributed by atoms with Gasteiger partial charge in [-0.15, -0.1) is 0 Å². The summed E-state index contributed by atoms with van der Waals surface area (Å²) in [6.07, 6.45) is 4.99. The summed E-state index contributed by atoms with van der Waals surface area (Å²) in [5.74, 6) is 0.539. The highest BCUT2D eigenvalue weighted by atomic mass is 16.4. The number of aliphatic hydroxyl groups is 1. The van der Waals surface area contributed by atoms with E-state index in [9.17, 15) is 14.7 Å². The molecule has 0 bridgehead atoms. The first kappa shape index (κ1) is 17.7. The fourth-order valence-electron chi connectivity index (χ4n) is 3.42. The maximum absolute atomic E-state index is 12.4. The minimum atomic E-state index is -0.880. The Labute approximate surface area is 137 Å². The van der Waals surface area contributed by atoms with E-state index in [1.807, 2.05) is 13.8 Å². The van der Waals surface area contributed by atoms with Gasteiger partial charge in [0, 0.05) is 24.9 Å². The number of carbonyl (C=O) groups excluding carboxylic acids is 2. The van der Waals surface area contributed by atoms with Crippen molar-refractivity contribution in [2.45, 2.75) is 71.3 Å². The number of furan rings is 1. The normalized spacial score (nSPS) is 14.7. The van der Waals surface area contributed by atoms with E-state index >= 15 is 0 Å². The first-order valence-electron chi connectivity index (χ1n) is 8.58. The summed E-state index contributed by atoms with van der Waals surface area (Å²) in [4.78, 5) is 24.4. The van der Waals surface area contributed by atoms with Gasteiger partial charge in [0.25, 0.3) is 5.91 Å². The van der Waals surface area contributed by atoms with E-state index in [0.29, 0.717) is 42.6 Å². The Bertz CT molecular complexity index is 582. The Balaban J connectivity index is 2.11. The van der Waals surface area contributed by atoms with Gasteiger partial charge < -0.3 is 14.8 Å². The summed E-state index contributed by atoms with van der Waals surface area (Å²) in [6, 6.07) is 0. The molecule has 0 unspecified atom stereocenters. The molecule has 0 aliphatic heterocycles. The Morgan fingerprint density at radius 2 is 1.91 bits per heavy atom. The Hall–Kier alpha value is -1.62. The number of fused-ring (bicyclic) bond motifs is 1. The molecule has 1 aliphatic rings. The van der Waals surface area contributed by atoms with Crippen LogP contribution in [0.25, 0.3) is 0 Å². The third-order valence-corrected chi connectivity index (χ3v) is 4.52. The molecule has 0 saturated carbocycles. The molecule has 1 aromatic rings. The summed E-state index contributed by atoms with van der Waals surface area (Å²) >= 11 is 0. The molecule has 2 rings (SSSR count). The third-order valence-electron chi connectivity index (χ3n) is 4.52. The van der Waals surface area contributed by atoms with Gasteiger partial charge in [-0.2, -0.15) is 0 Å². The average molecular weight is 321 g/mol. The van der Waals surface area contributed by atoms with Crippen molar-refractivity contribution < 1.29 is 19.1 Å². The van der Waals surface area contributed by atoms with Gasteiger partial charge in [0.15, 0.2) is 11.5 Å². The SMILES string of the molecule is CCCC(O)(CCC)CNC(=O)c1oc2c(c1C)C(=O)CCC2. The van der Waals surface area contributed by atoms with Crippen LogP contribution in [0.4, 0.5) is 0 Å². The number of carbonyl (C=O) groups is 2. The fraction of sp³-hybridized carbons (Fsp3) is 0.667. The van der Waals surface area contributed by atoms with E-state index in [0.717, 1.165) is 19.3 Å². The maximum atomic E-state index is 12.4. The molecule has 0 fully saturated rings. The molecule has 5 heteroatoms. The third kappa shape index (κ3) is 3.83. The van der Waals surface area contributed by atoms with Gasteiger partial charge in [0.05, 0.1) is 11.2 Å². The van der Waals surface area contributed by atoms with E-state index < -0.39 is 5.60 Å². The molecule has 128 valence electrons. The van der Waals surface area contributed by atoms with E-state index in [1.54, 1.807) is 6.92 Å². The predicted molar refractivity (Wildman–Crippen MR) is 87.8 cm³/mol. The number of hydrogen-bond donors (Lipinski definition) is 2. The molecule has 0 spiro atoms. The second-order valence-electron chi connectivity index (χ2n) is 6.54. The molecule has 1 heterocycles. The Morgan fingerprint density at radius 1 is 1.26 bits per heavy atom. The molecule has 0 saturated heterocycles. The molecule has 1 amide bonds. The van der Waals surface area contributed by atoms with Gasteiger partial charge >= 0.3 is 0 Å². The second-order valence-corrected chi connectivity index (χ2v) is 6.54. The average Bonchev–Trinajstić information content (AvgIpc) is 2.84. The van der Waals surface area contributed by atoms with Crippen molar-refractivity contribution in [1.29, 1.82) is 0 Å². The second kappa shape index (κ2) is 7.30. The molecule has 1 aliphatic carbocycles. The number of Topliss-reactive ketones (excluding diaryl/α,β-unsaturated/α-hetero) is 1. The van der Waals surface area contributed by atoms with E-state index in [2.05, 4.69) is 5.32 Å². The topological polar surface area (TPSA) is 79.5 Å². The summed E-state index contributed by atoms with van der Waals surface area (Å²) < 4.78 is 5.64. The van der Waals surface area contributed by atoms with Crippen LogP contribution in [0.1, 0.15) is 84.6 Å². The quantitative estimate of drug-likeness (QED) is 0.808. The lowest BCUT2D eigenvalue weighted by atomic mass is 9.92. The lowest BCUT2D eigenvalue weighted by molar-refractivity contribution is 0.0209. The van der Waals surface area contributed by atoms with E-state index in [4.69, 9.17) is 4.42 Å². The Morgan fingerprint density at radius 3 is 2.48 bits per heavy atom. The summed E-state index contributed by atoms with van der Waals surface area (Å²) in [5, 5.41) is 13.4. The van der Waals surface area contributed by atoms with Gasteiger partial charge in [0.2, 0.25) is 0 Å². The van der Waals surface area contributed by atoms with E-state index in [1.165, 1.54) is 0 Å². The molecule has 2 N–H and O–H groups in total. The molecule has 0 atom stereocenters. The van der Waals surface area contributed by atoms with Crippen LogP contribution in [0.2, 0.25) is 0 Å². The highest BCUT2D eigenvalue weighted by molar-refractivity contribution is 6.03. The van der Waals surface area contributed by atoms with Crippen molar-refractivity contribution in [3.8, 4) is 0 Å². The number of rotatable bonds is 7. The minimum Gasteiger partial charge on any atom is -0.455 e. The van der Waals surface area contributed by atoms with Crippen molar-refractivity contribution in [3.05, 3.63) is 22.6 Å². The molecule has 0 radical (unpaired) electrons. The number of ketones is 1. The van der Waals surface area contributed by atoms with Gasteiger partial charge in [-0.3, -0.25) is 9.59 Å². The van der Waals surface area contributed by atoms with E-state index in [-0.39, 0.29) is 24.0 Å². The minimum absolute atomic E-state index is 0.0556. The first-order chi connectivity index (χ1) is 10.9. The van der Waals surface area contributed by atoms with Crippen LogP contribution in [0.15, 0.2) is 4.42 Å². The molecular formula is C18H27NO4. The van der Waals surface area contributed by atoms with Gasteiger partial charge in [-0.1, -0.05) is 26.7 Å². The molecule has 23 heavy (non-hydrogen) atoms. The number of nitrogens with one attached hydrogen (secondary N) is 1. The van der Waals surface area contributed by atoms with Crippen molar-refractivity contribution >= 4 is 11.7 Å². The smallest absolute Gasteiger partial charge is 0.287 e. The van der Waals surface area contributed by atoms with Crippen LogP contribution in [-0.4, -0.2) is 28.9 Å². The highest BCUT2D eigenvalue weighted by Crippen LogP contribution is 2.29. The number of hydrogen-bond acceptors (Lipinski definition) is 4. The molecule has 0 aromatic carbocycles. The molecular weight excluding hydrogens is 294 g/mol. The van der Waals surface area contributed by atoms with Gasteiger partial charge in [-0.05, 0) is 26.2 Å². The lowest BCUT2D eigenvalue weighted by Crippen LogP contribution is -2.42. The van der Waals surface area contributed by atoms with Gasteiger partial charge in [0.1, 0.15) is 5.76 Å². The summed E-state index contributed by atoms with van der Waals surface area (Å²) in [6.45, 7) is 5.98. The largest absolute Gasteiger partial charge is 0.455 e. The van der Waals surface area contributed by atoms with Crippen molar-refractivity contribution in [3.63, 3.8) is 0 Å². The lowest BCUT2D eigenvalue weighted by Gasteiger charge is -2.27. The monoisotopic (exact) mass is 321 g/mol. The molecule has 1 aromatic heterocycles. The highest BCUT2D eigenvalue weighted by Gasteiger charge is 2.30. The summed E-state index contributed by atoms with van der Waals surface area (Å²) in [7, 11) is 0. The van der Waals surface area contributed by atoms with Crippen molar-refractivity contribution in [1.82, 2.24) is 5.32 Å². The van der Waals surface area contributed by atoms with Crippen molar-refractivity contribution in [2.75, 3.05) is 6.54 Å². The number of amides is 1. The van der Waals surface area contributed by atoms with Crippen LogP contribution in [0, 0.1) is 6.92 Å². The summed E-state index contributed by atoms with van der Waals surface area (Å²) in [5.41, 5.74) is 0.324. The Kier molecular flexibility index (Phi) is 5.63. The zero-order valence-corrected chi connectivity index (χ0v) is 14.3. The van der Waals surface area contributed by atoms with Crippen LogP contribution in [0.5, 0.6) is 0 Å². The maximum Gasteiger partial charge on any atom is 0.287 e. The number of aryl methyl sites for hydroxylation is 1. The van der Waals surface area contributed by atoms with Crippen LogP contribution in [-0.2, 0) is 6.42 Å². The van der Waals surface area contributed by atoms with Crippen molar-refractivity contribution in [2.24, 2.45) is 0 Å². The van der Waals surface area contributed by atoms with Gasteiger partial charge in [-0.25, -0.2) is 0 Å². The van der Waals surface area contributed by atoms with Crippen LogP contribution >= 0.6 is 0 Å². The zero-order chi connectivity index (χ0) is 17.0.